The van der Waals surface area contributed by atoms with Crippen molar-refractivity contribution in [2.45, 2.75) is 58.5 Å². The summed E-state index contributed by atoms with van der Waals surface area (Å²) in [6.45, 7) is 7.42. The number of rotatable bonds is 12. The first-order valence-electron chi connectivity index (χ1n) is 17.7. The molecule has 0 radical (unpaired) electrons. The number of carbonyl (C=O) groups excluding carboxylic acids is 1. The molecule has 1 aliphatic rings. The normalized spacial score (nSPS) is 14.1. The van der Waals surface area contributed by atoms with Crippen LogP contribution in [-0.4, -0.2) is 43.9 Å². The van der Waals surface area contributed by atoms with Crippen molar-refractivity contribution in [3.63, 3.8) is 0 Å². The lowest BCUT2D eigenvalue weighted by Crippen LogP contribution is -2.39. The molecule has 0 aliphatic carbocycles. The van der Waals surface area contributed by atoms with Gasteiger partial charge in [-0.2, -0.15) is 0 Å². The Morgan fingerprint density at radius 2 is 1.26 bits per heavy atom. The van der Waals surface area contributed by atoms with Crippen LogP contribution in [0, 0.1) is 0 Å². The van der Waals surface area contributed by atoms with Crippen LogP contribution in [0.4, 0.5) is 4.79 Å². The van der Waals surface area contributed by atoms with Crippen LogP contribution in [0.15, 0.2) is 109 Å². The summed E-state index contributed by atoms with van der Waals surface area (Å²) >= 11 is 7.35. The minimum Gasteiger partial charge on any atom is -0.497 e. The minimum atomic E-state index is -0.647. The fourth-order valence-corrected chi connectivity index (χ4v) is 6.56. The van der Waals surface area contributed by atoms with Gasteiger partial charge in [0.25, 0.3) is 0 Å². The van der Waals surface area contributed by atoms with Gasteiger partial charge in [0.15, 0.2) is 11.5 Å². The third-order valence-corrected chi connectivity index (χ3v) is 9.41. The molecule has 8 nitrogen and oxygen atoms in total. The fourth-order valence-electron chi connectivity index (χ4n) is 6.20. The molecule has 5 aromatic carbocycles. The number of ether oxygens (including phenoxy) is 6. The summed E-state index contributed by atoms with van der Waals surface area (Å²) in [4.78, 5) is 15.3. The van der Waals surface area contributed by atoms with Crippen LogP contribution in [0.1, 0.15) is 60.1 Å². The SMILES string of the molecule is COc1ccc(COc2cc3c(c(Cl)c2OCc2ccc(OC)cc2)CCN(C(=O)OC(C)(C)C)CC3c2ccc(OCc3ccccc3)cc2)cc1. The molecule has 1 heterocycles. The van der Waals surface area contributed by atoms with Gasteiger partial charge in [0, 0.05) is 19.0 Å². The lowest BCUT2D eigenvalue weighted by molar-refractivity contribution is 0.0251. The van der Waals surface area contributed by atoms with Crippen LogP contribution in [0.5, 0.6) is 28.7 Å². The number of methoxy groups -OCH3 is 2. The van der Waals surface area contributed by atoms with Gasteiger partial charge in [-0.1, -0.05) is 78.3 Å². The Bertz CT molecular complexity index is 1960. The number of halogens is 1. The number of nitrogens with zero attached hydrogens (tertiary/aromatic N) is 1. The molecule has 276 valence electrons. The largest absolute Gasteiger partial charge is 0.497 e. The zero-order valence-corrected chi connectivity index (χ0v) is 31.7. The van der Waals surface area contributed by atoms with Crippen LogP contribution in [-0.2, 0) is 31.0 Å². The molecule has 53 heavy (non-hydrogen) atoms. The van der Waals surface area contributed by atoms with Crippen molar-refractivity contribution < 1.29 is 33.2 Å². The zero-order valence-electron chi connectivity index (χ0n) is 30.9. The fraction of sp³-hybridized carbons (Fsp3) is 0.295. The third kappa shape index (κ3) is 9.76. The molecule has 1 atom stereocenters. The van der Waals surface area contributed by atoms with Crippen LogP contribution >= 0.6 is 11.6 Å². The van der Waals surface area contributed by atoms with Crippen LogP contribution in [0.3, 0.4) is 0 Å². The Kier molecular flexibility index (Phi) is 12.0. The number of hydrogen-bond acceptors (Lipinski definition) is 7. The molecule has 0 aromatic heterocycles. The molecule has 6 rings (SSSR count). The molecule has 0 fully saturated rings. The van der Waals surface area contributed by atoms with Crippen molar-refractivity contribution in [1.29, 1.82) is 0 Å². The van der Waals surface area contributed by atoms with Gasteiger partial charge in [0.1, 0.15) is 42.7 Å². The number of carbonyl (C=O) groups is 1. The van der Waals surface area contributed by atoms with E-state index in [0.29, 0.717) is 42.6 Å². The van der Waals surface area contributed by atoms with Gasteiger partial charge in [-0.05, 0) is 103 Å². The molecule has 1 amide bonds. The van der Waals surface area contributed by atoms with E-state index in [0.717, 1.165) is 50.6 Å². The van der Waals surface area contributed by atoms with E-state index in [2.05, 4.69) is 0 Å². The molecule has 0 saturated carbocycles. The monoisotopic (exact) mass is 735 g/mol. The predicted octanol–water partition coefficient (Wildman–Crippen LogP) is 10.0. The van der Waals surface area contributed by atoms with E-state index >= 15 is 0 Å². The van der Waals surface area contributed by atoms with E-state index < -0.39 is 5.60 Å². The van der Waals surface area contributed by atoms with E-state index in [-0.39, 0.29) is 25.2 Å². The molecule has 5 aromatic rings. The van der Waals surface area contributed by atoms with E-state index in [1.54, 1.807) is 19.1 Å². The topological polar surface area (TPSA) is 75.7 Å². The summed E-state index contributed by atoms with van der Waals surface area (Å²) in [5.74, 6) is 2.98. The standard InChI is InChI=1S/C44H46ClNO7/c1-44(2,3)53-43(47)46-24-23-37-38(39(26-46)33-15-21-36(22-16-33)50-27-30-9-7-6-8-10-30)25-40(51-28-31-11-17-34(48-4)18-12-31)42(41(37)45)52-29-32-13-19-35(49-5)20-14-32/h6-22,25,39H,23-24,26-29H2,1-5H3. The van der Waals surface area contributed by atoms with Gasteiger partial charge in [-0.3, -0.25) is 0 Å². The van der Waals surface area contributed by atoms with Crippen molar-refractivity contribution in [3.8, 4) is 28.7 Å². The maximum atomic E-state index is 13.6. The summed E-state index contributed by atoms with van der Waals surface area (Å²) < 4.78 is 35.7. The van der Waals surface area contributed by atoms with E-state index in [9.17, 15) is 4.79 Å². The molecule has 0 N–H and O–H groups in total. The van der Waals surface area contributed by atoms with Gasteiger partial charge >= 0.3 is 6.09 Å². The molecule has 1 aliphatic heterocycles. The van der Waals surface area contributed by atoms with Gasteiger partial charge in [0.05, 0.1) is 19.2 Å². The lowest BCUT2D eigenvalue weighted by atomic mass is 9.87. The highest BCUT2D eigenvalue weighted by atomic mass is 35.5. The average molecular weight is 736 g/mol. The van der Waals surface area contributed by atoms with Crippen molar-refractivity contribution >= 4 is 17.7 Å². The summed E-state index contributed by atoms with van der Waals surface area (Å²) in [6, 6.07) is 35.5. The molecule has 0 spiro atoms. The average Bonchev–Trinajstić information content (AvgIpc) is 3.37. The summed E-state index contributed by atoms with van der Waals surface area (Å²) in [5, 5.41) is 0.458. The summed E-state index contributed by atoms with van der Waals surface area (Å²) in [6.07, 6.45) is 0.126. The van der Waals surface area contributed by atoms with Gasteiger partial charge in [-0.25, -0.2) is 4.79 Å². The first-order valence-corrected chi connectivity index (χ1v) is 18.1. The lowest BCUT2D eigenvalue weighted by Gasteiger charge is -2.29. The highest BCUT2D eigenvalue weighted by Crippen LogP contribution is 2.46. The first-order chi connectivity index (χ1) is 25.6. The summed E-state index contributed by atoms with van der Waals surface area (Å²) in [5.41, 5.74) is 5.20. The number of benzene rings is 5. The van der Waals surface area contributed by atoms with Gasteiger partial charge in [-0.15, -0.1) is 0 Å². The quantitative estimate of drug-likeness (QED) is 0.126. The zero-order chi connectivity index (χ0) is 37.4. The predicted molar refractivity (Wildman–Crippen MR) is 207 cm³/mol. The molecule has 0 bridgehead atoms. The van der Waals surface area contributed by atoms with Gasteiger partial charge < -0.3 is 33.3 Å². The number of amides is 1. The molecule has 0 saturated heterocycles. The van der Waals surface area contributed by atoms with Gasteiger partial charge in [0.2, 0.25) is 0 Å². The molecular formula is C44H46ClNO7. The Labute approximate surface area is 317 Å². The smallest absolute Gasteiger partial charge is 0.410 e. The maximum Gasteiger partial charge on any atom is 0.410 e. The van der Waals surface area contributed by atoms with Crippen molar-refractivity contribution in [1.82, 2.24) is 4.90 Å². The first kappa shape index (κ1) is 37.4. The molecule has 9 heteroatoms. The van der Waals surface area contributed by atoms with Crippen molar-refractivity contribution in [2.75, 3.05) is 27.3 Å². The Hall–Kier alpha value is -5.34. The van der Waals surface area contributed by atoms with Crippen molar-refractivity contribution in [2.24, 2.45) is 0 Å². The van der Waals surface area contributed by atoms with Crippen LogP contribution < -0.4 is 23.7 Å². The maximum absolute atomic E-state index is 13.6. The number of hydrogen-bond donors (Lipinski definition) is 0. The Morgan fingerprint density at radius 3 is 1.85 bits per heavy atom. The minimum absolute atomic E-state index is 0.250. The second-order valence-corrected chi connectivity index (χ2v) is 14.3. The molecular weight excluding hydrogens is 690 g/mol. The van der Waals surface area contributed by atoms with E-state index in [1.807, 2.05) is 130 Å². The highest BCUT2D eigenvalue weighted by Gasteiger charge is 2.33. The van der Waals surface area contributed by atoms with Crippen LogP contribution in [0.2, 0.25) is 5.02 Å². The summed E-state index contributed by atoms with van der Waals surface area (Å²) in [7, 11) is 3.28. The third-order valence-electron chi connectivity index (χ3n) is 9.01. The Morgan fingerprint density at radius 1 is 0.717 bits per heavy atom. The van der Waals surface area contributed by atoms with E-state index in [1.165, 1.54) is 0 Å². The van der Waals surface area contributed by atoms with Crippen molar-refractivity contribution in [3.05, 3.63) is 148 Å². The highest BCUT2D eigenvalue weighted by molar-refractivity contribution is 6.33. The Balaban J connectivity index is 1.37. The van der Waals surface area contributed by atoms with E-state index in [4.69, 9.17) is 40.0 Å². The molecule has 1 unspecified atom stereocenters. The number of fused-ring (bicyclic) bond motifs is 1. The second-order valence-electron chi connectivity index (χ2n) is 13.9. The van der Waals surface area contributed by atoms with Crippen LogP contribution in [0.25, 0.3) is 0 Å². The second kappa shape index (κ2) is 17.0.